The molecular formula is C21H21ClFN5O2S. The topological polar surface area (TPSA) is 88.9 Å². The fourth-order valence-corrected chi connectivity index (χ4v) is 3.81. The molecule has 2 amide bonds. The Kier molecular flexibility index (Phi) is 7.64. The molecule has 3 rings (SSSR count). The van der Waals surface area contributed by atoms with E-state index in [-0.39, 0.29) is 28.8 Å². The lowest BCUT2D eigenvalue weighted by Gasteiger charge is -2.10. The number of anilines is 2. The molecule has 0 aliphatic carbocycles. The Balaban J connectivity index is 1.59. The lowest BCUT2D eigenvalue weighted by molar-refractivity contribution is -0.116. The van der Waals surface area contributed by atoms with Gasteiger partial charge in [0, 0.05) is 17.3 Å². The molecular weight excluding hydrogens is 441 g/mol. The molecule has 2 N–H and O–H groups in total. The molecule has 0 saturated heterocycles. The number of aryl methyl sites for hydroxylation is 1. The molecule has 0 radical (unpaired) electrons. The Morgan fingerprint density at radius 1 is 1.10 bits per heavy atom. The largest absolute Gasteiger partial charge is 0.325 e. The van der Waals surface area contributed by atoms with Gasteiger partial charge in [-0.1, -0.05) is 41.6 Å². The number of halogens is 2. The van der Waals surface area contributed by atoms with Crippen LogP contribution in [-0.2, 0) is 22.6 Å². The number of amides is 2. The second-order valence-electron chi connectivity index (χ2n) is 6.64. The third-order valence-electron chi connectivity index (χ3n) is 4.39. The quantitative estimate of drug-likeness (QED) is 0.488. The van der Waals surface area contributed by atoms with E-state index in [4.69, 9.17) is 11.6 Å². The standard InChI is InChI=1S/C21H21ClFN5O2S/c1-3-28-18(11-19(29)24-16-7-5-4-6-13(16)2)26-27-21(28)31-12-20(30)25-17-9-8-14(22)10-15(17)23/h4-10H,3,11-12H2,1-2H3,(H,24,29)(H,25,30). The number of nitrogens with one attached hydrogen (secondary N) is 2. The van der Waals surface area contributed by atoms with Gasteiger partial charge in [-0.2, -0.15) is 0 Å². The zero-order valence-electron chi connectivity index (χ0n) is 17.0. The predicted octanol–water partition coefficient (Wildman–Crippen LogP) is 4.31. The molecule has 7 nitrogen and oxygen atoms in total. The third-order valence-corrected chi connectivity index (χ3v) is 5.59. The number of aromatic nitrogens is 3. The van der Waals surface area contributed by atoms with Crippen LogP contribution in [0.5, 0.6) is 0 Å². The Morgan fingerprint density at radius 3 is 2.55 bits per heavy atom. The summed E-state index contributed by atoms with van der Waals surface area (Å²) < 4.78 is 15.6. The molecule has 2 aromatic carbocycles. The number of para-hydroxylation sites is 1. The summed E-state index contributed by atoms with van der Waals surface area (Å²) >= 11 is 6.88. The first-order valence-corrected chi connectivity index (χ1v) is 10.9. The predicted molar refractivity (Wildman–Crippen MR) is 120 cm³/mol. The average molecular weight is 462 g/mol. The molecule has 0 unspecified atom stereocenters. The Morgan fingerprint density at radius 2 is 1.84 bits per heavy atom. The molecule has 1 aromatic heterocycles. The molecule has 0 spiro atoms. The van der Waals surface area contributed by atoms with Crippen molar-refractivity contribution in [2.45, 2.75) is 32.0 Å². The number of hydrogen-bond donors (Lipinski definition) is 2. The molecule has 0 aliphatic heterocycles. The van der Waals surface area contributed by atoms with Crippen molar-refractivity contribution >= 4 is 46.6 Å². The SMILES string of the molecule is CCn1c(CC(=O)Nc2ccccc2C)nnc1SCC(=O)Nc1ccc(Cl)cc1F. The number of thioether (sulfide) groups is 1. The first-order chi connectivity index (χ1) is 14.9. The van der Waals surface area contributed by atoms with Crippen molar-refractivity contribution in [3.05, 3.63) is 64.7 Å². The van der Waals surface area contributed by atoms with E-state index < -0.39 is 11.7 Å². The highest BCUT2D eigenvalue weighted by molar-refractivity contribution is 7.99. The second-order valence-corrected chi connectivity index (χ2v) is 8.02. The second kappa shape index (κ2) is 10.4. The van der Waals surface area contributed by atoms with Gasteiger partial charge in [-0.3, -0.25) is 9.59 Å². The van der Waals surface area contributed by atoms with Gasteiger partial charge in [0.1, 0.15) is 11.6 Å². The van der Waals surface area contributed by atoms with E-state index in [0.29, 0.717) is 17.5 Å². The highest BCUT2D eigenvalue weighted by Crippen LogP contribution is 2.21. The van der Waals surface area contributed by atoms with E-state index in [1.54, 1.807) is 4.57 Å². The number of carbonyl (C=O) groups excluding carboxylic acids is 2. The van der Waals surface area contributed by atoms with Gasteiger partial charge < -0.3 is 15.2 Å². The zero-order valence-corrected chi connectivity index (χ0v) is 18.6. The van der Waals surface area contributed by atoms with Crippen molar-refractivity contribution in [1.82, 2.24) is 14.8 Å². The van der Waals surface area contributed by atoms with Gasteiger partial charge >= 0.3 is 0 Å². The monoisotopic (exact) mass is 461 g/mol. The van der Waals surface area contributed by atoms with Gasteiger partial charge in [0.2, 0.25) is 11.8 Å². The normalized spacial score (nSPS) is 10.7. The van der Waals surface area contributed by atoms with Crippen LogP contribution in [0.15, 0.2) is 47.6 Å². The van der Waals surface area contributed by atoms with Crippen LogP contribution in [0.3, 0.4) is 0 Å². The van der Waals surface area contributed by atoms with Crippen LogP contribution in [-0.4, -0.2) is 32.3 Å². The van der Waals surface area contributed by atoms with Gasteiger partial charge in [-0.15, -0.1) is 10.2 Å². The maximum atomic E-state index is 13.8. The number of rotatable bonds is 8. The maximum absolute atomic E-state index is 13.8. The molecule has 162 valence electrons. The highest BCUT2D eigenvalue weighted by Gasteiger charge is 2.17. The fourth-order valence-electron chi connectivity index (χ4n) is 2.83. The smallest absolute Gasteiger partial charge is 0.234 e. The summed E-state index contributed by atoms with van der Waals surface area (Å²) in [6.45, 7) is 4.36. The van der Waals surface area contributed by atoms with Crippen molar-refractivity contribution in [3.63, 3.8) is 0 Å². The minimum absolute atomic E-state index is 0.00953. The average Bonchev–Trinajstić information content (AvgIpc) is 3.11. The van der Waals surface area contributed by atoms with E-state index in [2.05, 4.69) is 20.8 Å². The van der Waals surface area contributed by atoms with Crippen LogP contribution in [0.25, 0.3) is 0 Å². The number of benzene rings is 2. The first-order valence-electron chi connectivity index (χ1n) is 9.52. The fraction of sp³-hybridized carbons (Fsp3) is 0.238. The lowest BCUT2D eigenvalue weighted by atomic mass is 10.2. The molecule has 31 heavy (non-hydrogen) atoms. The number of carbonyl (C=O) groups is 2. The Labute approximate surface area is 188 Å². The van der Waals surface area contributed by atoms with Crippen LogP contribution in [0.4, 0.5) is 15.8 Å². The van der Waals surface area contributed by atoms with Crippen molar-refractivity contribution in [2.24, 2.45) is 0 Å². The van der Waals surface area contributed by atoms with Gasteiger partial charge in [-0.25, -0.2) is 4.39 Å². The molecule has 0 atom stereocenters. The van der Waals surface area contributed by atoms with Gasteiger partial charge in [0.25, 0.3) is 0 Å². The summed E-state index contributed by atoms with van der Waals surface area (Å²) in [6, 6.07) is 11.5. The molecule has 0 saturated carbocycles. The van der Waals surface area contributed by atoms with Crippen LogP contribution in [0, 0.1) is 12.7 Å². The van der Waals surface area contributed by atoms with Crippen molar-refractivity contribution in [1.29, 1.82) is 0 Å². The lowest BCUT2D eigenvalue weighted by Crippen LogP contribution is -2.18. The molecule has 0 fully saturated rings. The van der Waals surface area contributed by atoms with E-state index in [1.807, 2.05) is 38.1 Å². The van der Waals surface area contributed by atoms with E-state index in [9.17, 15) is 14.0 Å². The molecule has 1 heterocycles. The Bertz CT molecular complexity index is 1110. The minimum atomic E-state index is -0.607. The van der Waals surface area contributed by atoms with Crippen LogP contribution in [0.2, 0.25) is 5.02 Å². The summed E-state index contributed by atoms with van der Waals surface area (Å²) in [5.41, 5.74) is 1.77. The minimum Gasteiger partial charge on any atom is -0.325 e. The van der Waals surface area contributed by atoms with Gasteiger partial charge in [0.15, 0.2) is 5.16 Å². The van der Waals surface area contributed by atoms with Crippen LogP contribution >= 0.6 is 23.4 Å². The van der Waals surface area contributed by atoms with Crippen LogP contribution in [0.1, 0.15) is 18.3 Å². The van der Waals surface area contributed by atoms with E-state index in [1.165, 1.54) is 12.1 Å². The summed E-state index contributed by atoms with van der Waals surface area (Å²) in [7, 11) is 0. The Hall–Kier alpha value is -2.91. The van der Waals surface area contributed by atoms with E-state index >= 15 is 0 Å². The molecule has 0 bridgehead atoms. The molecule has 3 aromatic rings. The number of nitrogens with zero attached hydrogens (tertiary/aromatic N) is 3. The van der Waals surface area contributed by atoms with Crippen LogP contribution < -0.4 is 10.6 Å². The van der Waals surface area contributed by atoms with E-state index in [0.717, 1.165) is 29.1 Å². The van der Waals surface area contributed by atoms with Crippen molar-refractivity contribution in [3.8, 4) is 0 Å². The first kappa shape index (κ1) is 22.8. The summed E-state index contributed by atoms with van der Waals surface area (Å²) in [6.07, 6.45) is 0.0535. The van der Waals surface area contributed by atoms with Crippen molar-refractivity contribution < 1.29 is 14.0 Å². The van der Waals surface area contributed by atoms with Crippen molar-refractivity contribution in [2.75, 3.05) is 16.4 Å². The van der Waals surface area contributed by atoms with Gasteiger partial charge in [0.05, 0.1) is 17.9 Å². The molecule has 0 aliphatic rings. The van der Waals surface area contributed by atoms with Gasteiger partial charge in [-0.05, 0) is 43.7 Å². The summed E-state index contributed by atoms with van der Waals surface area (Å²) in [4.78, 5) is 24.6. The number of hydrogen-bond acceptors (Lipinski definition) is 5. The highest BCUT2D eigenvalue weighted by atomic mass is 35.5. The molecule has 10 heteroatoms. The zero-order chi connectivity index (χ0) is 22.4. The summed E-state index contributed by atoms with van der Waals surface area (Å²) in [5, 5.41) is 14.3. The summed E-state index contributed by atoms with van der Waals surface area (Å²) in [5.74, 6) is -0.695. The maximum Gasteiger partial charge on any atom is 0.234 e. The third kappa shape index (κ3) is 6.05.